The minimum atomic E-state index is -6.38. The molecule has 136 valence electrons. The number of aliphatic hydroxyl groups is 1. The van der Waals surface area contributed by atoms with Gasteiger partial charge < -0.3 is 5.11 Å². The summed E-state index contributed by atoms with van der Waals surface area (Å²) in [6, 6.07) is -0.0123. The van der Waals surface area contributed by atoms with E-state index >= 15 is 0 Å². The number of halogens is 11. The first-order valence-electron chi connectivity index (χ1n) is 5.62. The lowest BCUT2D eigenvalue weighted by atomic mass is 9.84. The van der Waals surface area contributed by atoms with Crippen molar-refractivity contribution in [1.29, 1.82) is 0 Å². The lowest BCUT2D eigenvalue weighted by Gasteiger charge is -2.33. The summed E-state index contributed by atoms with van der Waals surface area (Å²) in [4.78, 5) is 0. The fraction of sp³-hybridized carbons (Fsp3) is 0.333. The fourth-order valence-corrected chi connectivity index (χ4v) is 1.82. The molecule has 0 fully saturated rings. The summed E-state index contributed by atoms with van der Waals surface area (Å²) in [7, 11) is 0. The molecule has 0 amide bonds. The monoisotopic (exact) mass is 374 g/mol. The van der Waals surface area contributed by atoms with Gasteiger partial charge in [0.2, 0.25) is 5.60 Å². The summed E-state index contributed by atoms with van der Waals surface area (Å²) in [5.41, 5.74) is -13.0. The average Bonchev–Trinajstić information content (AvgIpc) is 2.34. The zero-order valence-corrected chi connectivity index (χ0v) is 10.9. The first-order valence-corrected chi connectivity index (χ1v) is 5.62. The minimum Gasteiger partial charge on any atom is -0.372 e. The van der Waals surface area contributed by atoms with E-state index in [0.29, 0.717) is 0 Å². The molecule has 1 nitrogen and oxygen atoms in total. The molecule has 0 aliphatic heterocycles. The van der Waals surface area contributed by atoms with Crippen molar-refractivity contribution in [1.82, 2.24) is 0 Å². The molecule has 24 heavy (non-hydrogen) atoms. The first-order chi connectivity index (χ1) is 10.5. The highest BCUT2D eigenvalue weighted by molar-refractivity contribution is 5.40. The summed E-state index contributed by atoms with van der Waals surface area (Å²) < 4.78 is 139. The van der Waals surface area contributed by atoms with Crippen molar-refractivity contribution in [2.24, 2.45) is 0 Å². The van der Waals surface area contributed by atoms with Gasteiger partial charge in [-0.25, -0.2) is 0 Å². The normalized spacial score (nSPS) is 15.8. The van der Waals surface area contributed by atoms with Crippen LogP contribution in [0.3, 0.4) is 0 Å². The van der Waals surface area contributed by atoms with Gasteiger partial charge in [0.05, 0.1) is 5.56 Å². The number of alkyl halides is 9. The van der Waals surface area contributed by atoms with Crippen LogP contribution in [0.5, 0.6) is 0 Å². The quantitative estimate of drug-likeness (QED) is 0.709. The molecule has 0 saturated heterocycles. The van der Waals surface area contributed by atoms with Crippen LogP contribution < -0.4 is 0 Å². The number of benzene rings is 1. The molecule has 0 radical (unpaired) electrons. The molecule has 0 spiro atoms. The van der Waals surface area contributed by atoms with Gasteiger partial charge in [-0.3, -0.25) is 0 Å². The van der Waals surface area contributed by atoms with Crippen molar-refractivity contribution < 1.29 is 53.4 Å². The van der Waals surface area contributed by atoms with Gasteiger partial charge in [-0.05, 0) is 17.7 Å². The van der Waals surface area contributed by atoms with Gasteiger partial charge in [-0.1, -0.05) is 12.1 Å². The highest BCUT2D eigenvalue weighted by atomic mass is 19.4. The summed E-state index contributed by atoms with van der Waals surface area (Å²) in [5, 5.41) is 9.42. The largest absolute Gasteiger partial charge is 0.425 e. The van der Waals surface area contributed by atoms with E-state index in [2.05, 4.69) is 0 Å². The Morgan fingerprint density at radius 2 is 1.25 bits per heavy atom. The molecule has 0 saturated carbocycles. The predicted octanol–water partition coefficient (Wildman–Crippen LogP) is 5.17. The topological polar surface area (TPSA) is 20.2 Å². The summed E-state index contributed by atoms with van der Waals surface area (Å²) in [5.74, 6) is 0. The Labute approximate surface area is 126 Å². The SMILES string of the molecule is OC(C(=C(F)F)C(F)(F)F)(c1cccc(C(F)(F)F)c1)C(F)(F)F. The van der Waals surface area contributed by atoms with Crippen molar-refractivity contribution in [2.45, 2.75) is 24.1 Å². The highest BCUT2D eigenvalue weighted by Crippen LogP contribution is 2.52. The van der Waals surface area contributed by atoms with E-state index in [4.69, 9.17) is 0 Å². The van der Waals surface area contributed by atoms with Crippen LogP contribution in [0.2, 0.25) is 0 Å². The van der Waals surface area contributed by atoms with Crippen LogP contribution in [0, 0.1) is 0 Å². The molecule has 1 N–H and O–H groups in total. The van der Waals surface area contributed by atoms with Crippen LogP contribution in [0.4, 0.5) is 48.3 Å². The molecular formula is C12H5F11O. The average molecular weight is 374 g/mol. The molecule has 1 aromatic rings. The molecule has 0 heterocycles. The molecule has 0 aliphatic rings. The van der Waals surface area contributed by atoms with Crippen LogP contribution in [-0.4, -0.2) is 17.5 Å². The Hall–Kier alpha value is -1.85. The standard InChI is InChI=1S/C12H5F11O/c13-8(14)7(11(18,19)20)9(24,12(21,22)23)5-2-1-3-6(4-5)10(15,16)17/h1-4,24H. The highest BCUT2D eigenvalue weighted by Gasteiger charge is 2.66. The molecular weight excluding hydrogens is 369 g/mol. The maximum Gasteiger partial charge on any atom is 0.425 e. The molecule has 12 heteroatoms. The molecule has 1 aromatic carbocycles. The molecule has 1 unspecified atom stereocenters. The third kappa shape index (κ3) is 3.62. The maximum absolute atomic E-state index is 13.0. The van der Waals surface area contributed by atoms with Crippen LogP contribution >= 0.6 is 0 Å². The number of rotatable bonds is 2. The summed E-state index contributed by atoms with van der Waals surface area (Å²) in [6.07, 6.45) is -22.0. The Morgan fingerprint density at radius 3 is 1.58 bits per heavy atom. The Kier molecular flexibility index (Phi) is 4.96. The number of hydrogen-bond acceptors (Lipinski definition) is 1. The van der Waals surface area contributed by atoms with Crippen LogP contribution in [0.1, 0.15) is 11.1 Å². The minimum absolute atomic E-state index is 0.0252. The van der Waals surface area contributed by atoms with Crippen molar-refractivity contribution in [3.8, 4) is 0 Å². The van der Waals surface area contributed by atoms with Crippen LogP contribution in [0.25, 0.3) is 0 Å². The second-order valence-electron chi connectivity index (χ2n) is 4.42. The second kappa shape index (κ2) is 5.90. The van der Waals surface area contributed by atoms with E-state index in [-0.39, 0.29) is 18.2 Å². The van der Waals surface area contributed by atoms with E-state index in [1.54, 1.807) is 0 Å². The van der Waals surface area contributed by atoms with Gasteiger partial charge in [-0.2, -0.15) is 48.3 Å². The van der Waals surface area contributed by atoms with Gasteiger partial charge >= 0.3 is 18.5 Å². The van der Waals surface area contributed by atoms with Crippen LogP contribution in [0.15, 0.2) is 35.9 Å². The smallest absolute Gasteiger partial charge is 0.372 e. The lowest BCUT2D eigenvalue weighted by molar-refractivity contribution is -0.269. The zero-order valence-electron chi connectivity index (χ0n) is 10.9. The maximum atomic E-state index is 13.0. The van der Waals surface area contributed by atoms with Crippen LogP contribution in [-0.2, 0) is 11.8 Å². The van der Waals surface area contributed by atoms with E-state index in [1.165, 1.54) is 0 Å². The summed E-state index contributed by atoms with van der Waals surface area (Å²) >= 11 is 0. The molecule has 0 bridgehead atoms. The van der Waals surface area contributed by atoms with Gasteiger partial charge in [0.25, 0.3) is 6.08 Å². The zero-order chi connectivity index (χ0) is 19.1. The van der Waals surface area contributed by atoms with Crippen molar-refractivity contribution in [3.05, 3.63) is 47.0 Å². The van der Waals surface area contributed by atoms with Gasteiger partial charge in [0.1, 0.15) is 5.57 Å². The Balaban J connectivity index is 3.82. The van der Waals surface area contributed by atoms with Crippen molar-refractivity contribution in [3.63, 3.8) is 0 Å². The Bertz CT molecular complexity index is 634. The lowest BCUT2D eigenvalue weighted by Crippen LogP contribution is -2.48. The molecule has 0 aliphatic carbocycles. The first kappa shape index (κ1) is 20.2. The van der Waals surface area contributed by atoms with Crippen molar-refractivity contribution >= 4 is 0 Å². The van der Waals surface area contributed by atoms with E-state index < -0.39 is 53.0 Å². The van der Waals surface area contributed by atoms with Crippen molar-refractivity contribution in [2.75, 3.05) is 0 Å². The number of hydrogen-bond donors (Lipinski definition) is 1. The van der Waals surface area contributed by atoms with Gasteiger partial charge in [0.15, 0.2) is 0 Å². The Morgan fingerprint density at radius 1 is 0.792 bits per heavy atom. The molecule has 0 aromatic heterocycles. The van der Waals surface area contributed by atoms with Gasteiger partial charge in [0, 0.05) is 0 Å². The molecule has 1 rings (SSSR count). The van der Waals surface area contributed by atoms with E-state index in [1.807, 2.05) is 0 Å². The third-order valence-electron chi connectivity index (χ3n) is 2.85. The van der Waals surface area contributed by atoms with E-state index in [0.717, 1.165) is 0 Å². The molecule has 1 atom stereocenters. The van der Waals surface area contributed by atoms with E-state index in [9.17, 15) is 53.4 Å². The third-order valence-corrected chi connectivity index (χ3v) is 2.85. The fourth-order valence-electron chi connectivity index (χ4n) is 1.82. The summed E-state index contributed by atoms with van der Waals surface area (Å²) in [6.45, 7) is 0. The predicted molar refractivity (Wildman–Crippen MR) is 56.7 cm³/mol. The van der Waals surface area contributed by atoms with Gasteiger partial charge in [-0.15, -0.1) is 0 Å². The second-order valence-corrected chi connectivity index (χ2v) is 4.42.